The molecule has 1 aliphatic rings. The second-order valence-corrected chi connectivity index (χ2v) is 8.77. The number of rotatable bonds is 3. The number of hydrogen-bond donors (Lipinski definition) is 1. The van der Waals surface area contributed by atoms with E-state index in [1.54, 1.807) is 4.90 Å². The van der Waals surface area contributed by atoms with E-state index >= 15 is 0 Å². The van der Waals surface area contributed by atoms with Crippen LogP contribution in [0.3, 0.4) is 0 Å². The molecule has 0 aliphatic heterocycles. The Hall–Kier alpha value is -2.13. The molecule has 3 rings (SSSR count). The molecule has 1 amide bonds. The number of nitrogens with two attached hydrogens (primary N) is 1. The molecule has 0 spiro atoms. The third-order valence-corrected chi connectivity index (χ3v) is 5.81. The van der Waals surface area contributed by atoms with Crippen molar-refractivity contribution < 1.29 is 4.79 Å². The van der Waals surface area contributed by atoms with Gasteiger partial charge in [-0.25, -0.2) is 0 Å². The zero-order valence-corrected chi connectivity index (χ0v) is 16.6. The lowest BCUT2D eigenvalue weighted by Gasteiger charge is -2.42. The topological polar surface area (TPSA) is 46.3 Å². The summed E-state index contributed by atoms with van der Waals surface area (Å²) < 4.78 is 0. The Kier molecular flexibility index (Phi) is 4.70. The van der Waals surface area contributed by atoms with Crippen LogP contribution in [0.1, 0.15) is 57.2 Å². The van der Waals surface area contributed by atoms with E-state index in [0.717, 1.165) is 17.8 Å². The smallest absolute Gasteiger partial charge is 0.245 e. The number of anilines is 2. The van der Waals surface area contributed by atoms with Gasteiger partial charge in [-0.2, -0.15) is 0 Å². The monoisotopic (exact) mass is 350 g/mol. The van der Waals surface area contributed by atoms with Crippen molar-refractivity contribution in [1.29, 1.82) is 0 Å². The van der Waals surface area contributed by atoms with E-state index in [0.29, 0.717) is 0 Å². The maximum atomic E-state index is 12.7. The van der Waals surface area contributed by atoms with E-state index in [-0.39, 0.29) is 23.3 Å². The number of carbonyl (C=O) groups is 1. The quantitative estimate of drug-likeness (QED) is 0.850. The summed E-state index contributed by atoms with van der Waals surface area (Å²) in [6.07, 6.45) is 2.32. The molecule has 0 saturated heterocycles. The van der Waals surface area contributed by atoms with E-state index in [4.69, 9.17) is 5.73 Å². The first-order chi connectivity index (χ1) is 12.2. The molecule has 26 heavy (non-hydrogen) atoms. The van der Waals surface area contributed by atoms with Gasteiger partial charge in [-0.15, -0.1) is 0 Å². The zero-order valence-electron chi connectivity index (χ0n) is 16.6. The van der Waals surface area contributed by atoms with E-state index in [2.05, 4.69) is 45.9 Å². The molecule has 3 heteroatoms. The number of amides is 1. The van der Waals surface area contributed by atoms with E-state index in [9.17, 15) is 4.79 Å². The molecule has 0 aromatic heterocycles. The maximum absolute atomic E-state index is 12.7. The fourth-order valence-corrected chi connectivity index (χ4v) is 3.94. The van der Waals surface area contributed by atoms with Crippen molar-refractivity contribution in [2.24, 2.45) is 5.73 Å². The molecule has 2 aromatic carbocycles. The van der Waals surface area contributed by atoms with Crippen LogP contribution in [0, 0.1) is 6.92 Å². The van der Waals surface area contributed by atoms with Gasteiger partial charge in [0, 0.05) is 11.4 Å². The van der Waals surface area contributed by atoms with Crippen molar-refractivity contribution in [3.05, 3.63) is 59.2 Å². The van der Waals surface area contributed by atoms with Gasteiger partial charge in [0.2, 0.25) is 5.91 Å². The second kappa shape index (κ2) is 6.55. The van der Waals surface area contributed by atoms with Crippen LogP contribution in [0.5, 0.6) is 0 Å². The third kappa shape index (κ3) is 3.28. The first-order valence-corrected chi connectivity index (χ1v) is 9.40. The van der Waals surface area contributed by atoms with Crippen LogP contribution in [0.25, 0.3) is 0 Å². The highest BCUT2D eigenvalue weighted by Crippen LogP contribution is 2.47. The average Bonchev–Trinajstić information content (AvgIpc) is 2.61. The summed E-state index contributed by atoms with van der Waals surface area (Å²) in [6, 6.07) is 14.5. The lowest BCUT2D eigenvalue weighted by atomic mass is 9.63. The molecule has 0 bridgehead atoms. The highest BCUT2D eigenvalue weighted by Gasteiger charge is 2.37. The summed E-state index contributed by atoms with van der Waals surface area (Å²) in [5, 5.41) is 0. The van der Waals surface area contributed by atoms with Gasteiger partial charge in [-0.1, -0.05) is 51.5 Å². The minimum atomic E-state index is -0.0957. The van der Waals surface area contributed by atoms with Crippen LogP contribution < -0.4 is 10.6 Å². The summed E-state index contributed by atoms with van der Waals surface area (Å²) in [5.41, 5.74) is 11.6. The van der Waals surface area contributed by atoms with E-state index in [1.807, 2.05) is 31.2 Å². The van der Waals surface area contributed by atoms with Gasteiger partial charge in [0.25, 0.3) is 0 Å². The molecule has 1 aliphatic carbocycles. The molecule has 0 unspecified atom stereocenters. The Bertz CT molecular complexity index is 819. The van der Waals surface area contributed by atoms with E-state index in [1.165, 1.54) is 23.1 Å². The SMILES string of the molecule is Cc1ccc(N(C(=O)CN)c2ccc3c(c2)C(C)(C)CCC3(C)C)cc1. The molecule has 138 valence electrons. The Morgan fingerprint density at radius 2 is 1.46 bits per heavy atom. The number of fused-ring (bicyclic) bond motifs is 1. The van der Waals surface area contributed by atoms with Crippen LogP contribution in [0.15, 0.2) is 42.5 Å². The zero-order chi connectivity index (χ0) is 19.1. The number of carbonyl (C=O) groups excluding carboxylic acids is 1. The minimum Gasteiger partial charge on any atom is -0.322 e. The number of hydrogen-bond acceptors (Lipinski definition) is 2. The highest BCUT2D eigenvalue weighted by atomic mass is 16.2. The first-order valence-electron chi connectivity index (χ1n) is 9.40. The Morgan fingerprint density at radius 1 is 0.923 bits per heavy atom. The number of nitrogens with zero attached hydrogens (tertiary/aromatic N) is 1. The largest absolute Gasteiger partial charge is 0.322 e. The molecule has 0 fully saturated rings. The van der Waals surface area contributed by atoms with Crippen LogP contribution in [0.2, 0.25) is 0 Å². The minimum absolute atomic E-state index is 0.0140. The molecule has 2 aromatic rings. The Balaban J connectivity index is 2.14. The van der Waals surface area contributed by atoms with Gasteiger partial charge >= 0.3 is 0 Å². The van der Waals surface area contributed by atoms with Crippen LogP contribution in [0.4, 0.5) is 11.4 Å². The second-order valence-electron chi connectivity index (χ2n) is 8.77. The molecule has 0 radical (unpaired) electrons. The summed E-state index contributed by atoms with van der Waals surface area (Å²) in [5.74, 6) is -0.0957. The molecule has 0 heterocycles. The molecule has 2 N–H and O–H groups in total. The maximum Gasteiger partial charge on any atom is 0.245 e. The molecular formula is C23H30N2O. The third-order valence-electron chi connectivity index (χ3n) is 5.81. The van der Waals surface area contributed by atoms with Crippen molar-refractivity contribution >= 4 is 17.3 Å². The summed E-state index contributed by atoms with van der Waals surface area (Å²) in [6.45, 7) is 11.2. The van der Waals surface area contributed by atoms with Crippen molar-refractivity contribution in [3.63, 3.8) is 0 Å². The number of aryl methyl sites for hydroxylation is 1. The fourth-order valence-electron chi connectivity index (χ4n) is 3.94. The standard InChI is InChI=1S/C23H30N2O/c1-16-6-8-17(9-7-16)25(21(26)15-24)18-10-11-19-20(14-18)23(4,5)13-12-22(19,2)3/h6-11,14H,12-13,15,24H2,1-5H3. The van der Waals surface area contributed by atoms with Gasteiger partial charge < -0.3 is 5.73 Å². The van der Waals surface area contributed by atoms with Crippen LogP contribution >= 0.6 is 0 Å². The van der Waals surface area contributed by atoms with Crippen LogP contribution in [-0.2, 0) is 15.6 Å². The summed E-state index contributed by atoms with van der Waals surface area (Å²) in [4.78, 5) is 14.4. The Morgan fingerprint density at radius 3 is 2.04 bits per heavy atom. The summed E-state index contributed by atoms with van der Waals surface area (Å²) >= 11 is 0. The van der Waals surface area contributed by atoms with Gasteiger partial charge in [-0.05, 0) is 66.0 Å². The fraction of sp³-hybridized carbons (Fsp3) is 0.435. The number of benzene rings is 2. The predicted octanol–water partition coefficient (Wildman–Crippen LogP) is 4.97. The van der Waals surface area contributed by atoms with Crippen molar-refractivity contribution in [3.8, 4) is 0 Å². The molecule has 0 atom stereocenters. The highest BCUT2D eigenvalue weighted by molar-refractivity contribution is 6.01. The normalized spacial score (nSPS) is 17.5. The lowest BCUT2D eigenvalue weighted by molar-refractivity contribution is -0.116. The van der Waals surface area contributed by atoms with Gasteiger partial charge in [0.1, 0.15) is 0 Å². The summed E-state index contributed by atoms with van der Waals surface area (Å²) in [7, 11) is 0. The first kappa shape index (κ1) is 18.7. The average molecular weight is 351 g/mol. The Labute approximate surface area is 157 Å². The van der Waals surface area contributed by atoms with Crippen molar-refractivity contribution in [1.82, 2.24) is 0 Å². The lowest BCUT2D eigenvalue weighted by Crippen LogP contribution is -2.35. The van der Waals surface area contributed by atoms with Gasteiger partial charge in [0.05, 0.1) is 6.54 Å². The molecule has 3 nitrogen and oxygen atoms in total. The van der Waals surface area contributed by atoms with Crippen LogP contribution in [-0.4, -0.2) is 12.5 Å². The van der Waals surface area contributed by atoms with E-state index < -0.39 is 0 Å². The molecular weight excluding hydrogens is 320 g/mol. The van der Waals surface area contributed by atoms with Gasteiger partial charge in [0.15, 0.2) is 0 Å². The van der Waals surface area contributed by atoms with Crippen molar-refractivity contribution in [2.75, 3.05) is 11.4 Å². The molecule has 0 saturated carbocycles. The predicted molar refractivity (Wildman–Crippen MR) is 109 cm³/mol. The van der Waals surface area contributed by atoms with Crippen molar-refractivity contribution in [2.45, 2.75) is 58.3 Å². The van der Waals surface area contributed by atoms with Gasteiger partial charge in [-0.3, -0.25) is 9.69 Å².